The number of carbonyl (C=O) groups excluding carboxylic acids is 5. The van der Waals surface area contributed by atoms with Gasteiger partial charge in [-0.05, 0) is 43.6 Å². The first-order valence-corrected chi connectivity index (χ1v) is 13.7. The van der Waals surface area contributed by atoms with E-state index in [9.17, 15) is 24.0 Å². The number of amides is 5. The first kappa shape index (κ1) is 36.0. The molecule has 14 nitrogen and oxygen atoms in total. The molecule has 234 valence electrons. The Morgan fingerprint density at radius 2 is 1.74 bits per heavy atom. The lowest BCUT2D eigenvalue weighted by atomic mass is 10.0. The topological polar surface area (TPSA) is 224 Å². The maximum Gasteiger partial charge on any atom is 0.408 e. The molecule has 2 rings (SSSR count). The molecule has 0 aliphatic carbocycles. The number of hydrogen-bond acceptors (Lipinski definition) is 7. The molecule has 9 N–H and O–H groups in total. The van der Waals surface area contributed by atoms with Crippen LogP contribution in [-0.2, 0) is 30.5 Å². The second-order valence-corrected chi connectivity index (χ2v) is 10.3. The van der Waals surface area contributed by atoms with Crippen LogP contribution in [0.4, 0.5) is 4.79 Å². The number of hydrogen-bond donors (Lipinski definition) is 6. The zero-order valence-corrected chi connectivity index (χ0v) is 24.9. The van der Waals surface area contributed by atoms with Gasteiger partial charge in [-0.25, -0.2) is 4.79 Å². The molecule has 1 aliphatic heterocycles. The van der Waals surface area contributed by atoms with Gasteiger partial charge in [0.05, 0.1) is 6.54 Å². The number of halogens is 1. The summed E-state index contributed by atoms with van der Waals surface area (Å²) in [6, 6.07) is 6.31. The van der Waals surface area contributed by atoms with Crippen molar-refractivity contribution in [1.29, 1.82) is 0 Å². The molecule has 1 fully saturated rings. The molecule has 0 bridgehead atoms. The predicted molar refractivity (Wildman–Crippen MR) is 159 cm³/mol. The van der Waals surface area contributed by atoms with Gasteiger partial charge in [0.1, 0.15) is 24.7 Å². The normalized spacial score (nSPS) is 15.5. The number of guanidine groups is 1. The summed E-state index contributed by atoms with van der Waals surface area (Å²) in [4.78, 5) is 68.6. The fourth-order valence-electron chi connectivity index (χ4n) is 4.44. The molecule has 1 aromatic carbocycles. The molecule has 0 saturated carbocycles. The van der Waals surface area contributed by atoms with Crippen molar-refractivity contribution in [1.82, 2.24) is 20.9 Å². The Labute approximate surface area is 251 Å². The first-order chi connectivity index (χ1) is 19.5. The van der Waals surface area contributed by atoms with Gasteiger partial charge in [-0.3, -0.25) is 24.2 Å². The van der Waals surface area contributed by atoms with Gasteiger partial charge in [-0.2, -0.15) is 0 Å². The molecule has 5 amide bonds. The standard InChI is InChI=1S/C27H42N8O6.ClH/c1-17(2)14-20(34-27(40)41-16-18-8-4-3-5-9-18)23(37)33-19(10-6-12-31-26(29)30)25(39)35-13-7-11-21(35)24(38)32-15-22(28)36;/h3-5,8-9,17,19-21H,6-7,10-16H2,1-2H3,(H2,28,36)(H,32,38)(H,33,37)(H,34,40)(H4,29,30,31);1H/t19-,20-,21-;/m0./s1. The maximum absolute atomic E-state index is 13.6. The highest BCUT2D eigenvalue weighted by molar-refractivity contribution is 5.95. The summed E-state index contributed by atoms with van der Waals surface area (Å²) in [6.45, 7) is 4.00. The predicted octanol–water partition coefficient (Wildman–Crippen LogP) is -0.120. The van der Waals surface area contributed by atoms with Crippen LogP contribution in [0.3, 0.4) is 0 Å². The van der Waals surface area contributed by atoms with E-state index in [0.29, 0.717) is 32.2 Å². The van der Waals surface area contributed by atoms with Crippen molar-refractivity contribution in [2.75, 3.05) is 19.6 Å². The van der Waals surface area contributed by atoms with Crippen LogP contribution >= 0.6 is 12.4 Å². The highest BCUT2D eigenvalue weighted by atomic mass is 35.5. The van der Waals surface area contributed by atoms with Crippen LogP contribution in [0.2, 0.25) is 0 Å². The van der Waals surface area contributed by atoms with E-state index < -0.39 is 47.8 Å². The van der Waals surface area contributed by atoms with E-state index in [2.05, 4.69) is 20.9 Å². The Morgan fingerprint density at radius 1 is 1.05 bits per heavy atom. The third-order valence-corrected chi connectivity index (χ3v) is 6.36. The summed E-state index contributed by atoms with van der Waals surface area (Å²) in [6.07, 6.45) is 1.04. The van der Waals surface area contributed by atoms with Crippen molar-refractivity contribution in [2.24, 2.45) is 28.1 Å². The molecular formula is C27H43ClN8O6. The molecule has 0 unspecified atom stereocenters. The van der Waals surface area contributed by atoms with E-state index >= 15 is 0 Å². The highest BCUT2D eigenvalue weighted by Gasteiger charge is 2.38. The molecule has 0 radical (unpaired) electrons. The summed E-state index contributed by atoms with van der Waals surface area (Å²) in [7, 11) is 0. The Bertz CT molecular complexity index is 1080. The lowest BCUT2D eigenvalue weighted by Crippen LogP contribution is -2.57. The minimum Gasteiger partial charge on any atom is -0.445 e. The lowest BCUT2D eigenvalue weighted by molar-refractivity contribution is -0.142. The summed E-state index contributed by atoms with van der Waals surface area (Å²) < 4.78 is 5.29. The van der Waals surface area contributed by atoms with Crippen LogP contribution < -0.4 is 33.2 Å². The number of rotatable bonds is 15. The van der Waals surface area contributed by atoms with Gasteiger partial charge >= 0.3 is 6.09 Å². The fraction of sp³-hybridized carbons (Fsp3) is 0.556. The largest absolute Gasteiger partial charge is 0.445 e. The van der Waals surface area contributed by atoms with Gasteiger partial charge in [-0.15, -0.1) is 12.4 Å². The molecule has 1 aromatic rings. The van der Waals surface area contributed by atoms with Crippen LogP contribution in [-0.4, -0.2) is 78.3 Å². The van der Waals surface area contributed by atoms with Gasteiger partial charge in [0, 0.05) is 13.1 Å². The summed E-state index contributed by atoms with van der Waals surface area (Å²) in [5.74, 6) is -2.30. The number of alkyl carbamates (subject to hydrolysis) is 1. The monoisotopic (exact) mass is 610 g/mol. The van der Waals surface area contributed by atoms with Gasteiger partial charge in [0.25, 0.3) is 0 Å². The number of ether oxygens (including phenoxy) is 1. The quantitative estimate of drug-likeness (QED) is 0.0889. The number of carbonyl (C=O) groups is 5. The van der Waals surface area contributed by atoms with Gasteiger partial charge in [-0.1, -0.05) is 44.2 Å². The van der Waals surface area contributed by atoms with Crippen LogP contribution in [0.25, 0.3) is 0 Å². The van der Waals surface area contributed by atoms with Crippen LogP contribution in [0, 0.1) is 5.92 Å². The Balaban J connectivity index is 0.00000882. The number of aliphatic imine (C=N–C) groups is 1. The molecule has 1 aliphatic rings. The third-order valence-electron chi connectivity index (χ3n) is 6.36. The van der Waals surface area contributed by atoms with Gasteiger partial charge in [0.2, 0.25) is 23.6 Å². The van der Waals surface area contributed by atoms with Gasteiger partial charge in [0.15, 0.2) is 5.96 Å². The van der Waals surface area contributed by atoms with Crippen molar-refractivity contribution in [3.63, 3.8) is 0 Å². The van der Waals surface area contributed by atoms with Crippen LogP contribution in [0.1, 0.15) is 51.5 Å². The average molecular weight is 611 g/mol. The fourth-order valence-corrected chi connectivity index (χ4v) is 4.44. The zero-order valence-electron chi connectivity index (χ0n) is 24.0. The minimum atomic E-state index is -1.02. The van der Waals surface area contributed by atoms with Crippen molar-refractivity contribution in [3.8, 4) is 0 Å². The van der Waals surface area contributed by atoms with Gasteiger partial charge < -0.3 is 42.8 Å². The number of primary amides is 1. The Morgan fingerprint density at radius 3 is 2.36 bits per heavy atom. The lowest BCUT2D eigenvalue weighted by Gasteiger charge is -2.30. The van der Waals surface area contributed by atoms with E-state index in [1.165, 1.54) is 4.90 Å². The SMILES string of the molecule is CC(C)C[C@H](NC(=O)OCc1ccccc1)C(=O)N[C@@H](CCCN=C(N)N)C(=O)N1CCC[C@H]1C(=O)NCC(N)=O.Cl. The third kappa shape index (κ3) is 12.6. The first-order valence-electron chi connectivity index (χ1n) is 13.7. The highest BCUT2D eigenvalue weighted by Crippen LogP contribution is 2.20. The average Bonchev–Trinajstić information content (AvgIpc) is 3.41. The summed E-state index contributed by atoms with van der Waals surface area (Å²) in [5, 5.41) is 7.80. The molecule has 1 saturated heterocycles. The smallest absolute Gasteiger partial charge is 0.408 e. The summed E-state index contributed by atoms with van der Waals surface area (Å²) in [5.41, 5.74) is 16.7. The van der Waals surface area contributed by atoms with Crippen molar-refractivity contribution < 1.29 is 28.7 Å². The minimum absolute atomic E-state index is 0. The number of nitrogens with zero attached hydrogens (tertiary/aromatic N) is 2. The Kier molecular flexibility index (Phi) is 15.7. The van der Waals surface area contributed by atoms with E-state index in [-0.39, 0.29) is 50.4 Å². The number of nitrogens with two attached hydrogens (primary N) is 3. The van der Waals surface area contributed by atoms with Crippen molar-refractivity contribution >= 4 is 48.1 Å². The zero-order chi connectivity index (χ0) is 30.4. The van der Waals surface area contributed by atoms with E-state index in [1.807, 2.05) is 44.2 Å². The molecule has 42 heavy (non-hydrogen) atoms. The number of benzene rings is 1. The molecule has 0 aromatic heterocycles. The second kappa shape index (κ2) is 18.4. The number of likely N-dealkylation sites (tertiary alicyclic amines) is 1. The molecule has 1 heterocycles. The maximum atomic E-state index is 13.6. The van der Waals surface area contributed by atoms with Crippen molar-refractivity contribution in [3.05, 3.63) is 35.9 Å². The molecule has 3 atom stereocenters. The van der Waals surface area contributed by atoms with Crippen LogP contribution in [0.15, 0.2) is 35.3 Å². The molecular weight excluding hydrogens is 568 g/mol. The molecule has 15 heteroatoms. The van der Waals surface area contributed by atoms with Crippen molar-refractivity contribution in [2.45, 2.75) is 70.7 Å². The summed E-state index contributed by atoms with van der Waals surface area (Å²) >= 11 is 0. The Hall–Kier alpha value is -4.07. The van der Waals surface area contributed by atoms with E-state index in [1.54, 1.807) is 0 Å². The van der Waals surface area contributed by atoms with E-state index in [4.69, 9.17) is 21.9 Å². The number of nitrogens with one attached hydrogen (secondary N) is 3. The second-order valence-electron chi connectivity index (χ2n) is 10.3. The van der Waals surface area contributed by atoms with E-state index in [0.717, 1.165) is 5.56 Å². The van der Waals surface area contributed by atoms with Crippen LogP contribution in [0.5, 0.6) is 0 Å². The molecule has 0 spiro atoms.